The van der Waals surface area contributed by atoms with Gasteiger partial charge in [-0.15, -0.1) is 0 Å². The van der Waals surface area contributed by atoms with Gasteiger partial charge in [-0.2, -0.15) is 0 Å². The van der Waals surface area contributed by atoms with Crippen LogP contribution < -0.4 is 0 Å². The number of allylic oxidation sites excluding steroid dienone is 8. The third kappa shape index (κ3) is 10.7. The lowest BCUT2D eigenvalue weighted by Gasteiger charge is -2.07. The van der Waals surface area contributed by atoms with Gasteiger partial charge in [0.15, 0.2) is 5.78 Å². The zero-order valence-corrected chi connectivity index (χ0v) is 17.3. The molecule has 3 nitrogen and oxygen atoms in total. The lowest BCUT2D eigenvalue weighted by atomic mass is 9.97. The molecule has 27 heavy (non-hydrogen) atoms. The Morgan fingerprint density at radius 3 is 2.78 bits per heavy atom. The predicted octanol–water partition coefficient (Wildman–Crippen LogP) is 6.12. The SMILES string of the molecule is CCCCC(C)CC=CC=C1C(=O)C=C[C@@H]1C/C=C\CCCCOC(C)=O. The van der Waals surface area contributed by atoms with Crippen molar-refractivity contribution in [1.82, 2.24) is 0 Å². The summed E-state index contributed by atoms with van der Waals surface area (Å²) in [4.78, 5) is 22.7. The summed E-state index contributed by atoms with van der Waals surface area (Å²) in [5.74, 6) is 0.819. The average Bonchev–Trinajstić information content (AvgIpc) is 2.98. The molecule has 1 rings (SSSR count). The fraction of sp³-hybridized carbons (Fsp3) is 0.583. The van der Waals surface area contributed by atoms with Crippen molar-refractivity contribution in [1.29, 1.82) is 0 Å². The van der Waals surface area contributed by atoms with Crippen LogP contribution in [0.2, 0.25) is 0 Å². The molecule has 0 heterocycles. The van der Waals surface area contributed by atoms with Gasteiger partial charge in [0.1, 0.15) is 0 Å². The number of hydrogen-bond acceptors (Lipinski definition) is 3. The van der Waals surface area contributed by atoms with E-state index in [2.05, 4.69) is 38.2 Å². The van der Waals surface area contributed by atoms with Gasteiger partial charge in [-0.05, 0) is 44.1 Å². The second-order valence-electron chi connectivity index (χ2n) is 7.41. The molecule has 0 saturated heterocycles. The summed E-state index contributed by atoms with van der Waals surface area (Å²) in [7, 11) is 0. The van der Waals surface area contributed by atoms with Crippen molar-refractivity contribution in [3.8, 4) is 0 Å². The van der Waals surface area contributed by atoms with Gasteiger partial charge in [-0.1, -0.05) is 69.6 Å². The third-order valence-corrected chi connectivity index (χ3v) is 4.79. The second-order valence-corrected chi connectivity index (χ2v) is 7.41. The van der Waals surface area contributed by atoms with Crippen LogP contribution in [0.5, 0.6) is 0 Å². The summed E-state index contributed by atoms with van der Waals surface area (Å²) in [6, 6.07) is 0. The fourth-order valence-electron chi connectivity index (χ4n) is 3.09. The van der Waals surface area contributed by atoms with Crippen molar-refractivity contribution >= 4 is 11.8 Å². The van der Waals surface area contributed by atoms with Crippen molar-refractivity contribution in [2.75, 3.05) is 6.61 Å². The van der Waals surface area contributed by atoms with Crippen molar-refractivity contribution in [2.24, 2.45) is 11.8 Å². The lowest BCUT2D eigenvalue weighted by molar-refractivity contribution is -0.141. The van der Waals surface area contributed by atoms with Gasteiger partial charge in [0, 0.05) is 18.4 Å². The number of ether oxygens (including phenoxy) is 1. The Hall–Kier alpha value is -1.90. The van der Waals surface area contributed by atoms with E-state index in [9.17, 15) is 9.59 Å². The maximum absolute atomic E-state index is 12.1. The normalized spacial score (nSPS) is 19.6. The minimum atomic E-state index is -0.216. The highest BCUT2D eigenvalue weighted by molar-refractivity contribution is 6.07. The predicted molar refractivity (Wildman–Crippen MR) is 112 cm³/mol. The molecule has 0 aromatic carbocycles. The molecule has 0 aromatic rings. The fourth-order valence-corrected chi connectivity index (χ4v) is 3.09. The standard InChI is InChI=1S/C24H36O3/c1-4-5-13-20(2)14-10-11-16-23-22(17-18-24(23)26)15-9-7-6-8-12-19-27-21(3)25/h7,9-11,16-18,20,22H,4-6,8,12-15,19H2,1-3H3/b9-7-,11-10?,23-16?/t20?,22-/m0/s1. The Morgan fingerprint density at radius 1 is 1.22 bits per heavy atom. The molecule has 150 valence electrons. The Labute approximate surface area is 165 Å². The second kappa shape index (κ2) is 14.2. The monoisotopic (exact) mass is 372 g/mol. The minimum absolute atomic E-state index is 0.137. The van der Waals surface area contributed by atoms with Gasteiger partial charge in [0.05, 0.1) is 6.61 Å². The first-order valence-corrected chi connectivity index (χ1v) is 10.4. The van der Waals surface area contributed by atoms with Crippen LogP contribution in [0.1, 0.15) is 72.1 Å². The summed E-state index contributed by atoms with van der Waals surface area (Å²) in [5, 5.41) is 0. The van der Waals surface area contributed by atoms with Crippen LogP contribution in [0.3, 0.4) is 0 Å². The van der Waals surface area contributed by atoms with Crippen molar-refractivity contribution in [3.05, 3.63) is 48.1 Å². The van der Waals surface area contributed by atoms with E-state index < -0.39 is 0 Å². The number of carbonyl (C=O) groups excluding carboxylic acids is 2. The van der Waals surface area contributed by atoms with Crippen molar-refractivity contribution < 1.29 is 14.3 Å². The highest BCUT2D eigenvalue weighted by Crippen LogP contribution is 2.25. The maximum atomic E-state index is 12.1. The molecule has 0 N–H and O–H groups in total. The summed E-state index contributed by atoms with van der Waals surface area (Å²) in [5.41, 5.74) is 0.895. The lowest BCUT2D eigenvalue weighted by Crippen LogP contribution is -2.01. The molecule has 0 saturated carbocycles. The Morgan fingerprint density at radius 2 is 2.04 bits per heavy atom. The van der Waals surface area contributed by atoms with Crippen LogP contribution >= 0.6 is 0 Å². The third-order valence-electron chi connectivity index (χ3n) is 4.79. The Bertz CT molecular complexity index is 566. The summed E-state index contributed by atoms with van der Waals surface area (Å²) >= 11 is 0. The molecule has 3 heteroatoms. The molecule has 0 amide bonds. The molecule has 1 aliphatic carbocycles. The van der Waals surface area contributed by atoms with E-state index in [4.69, 9.17) is 4.74 Å². The van der Waals surface area contributed by atoms with Crippen molar-refractivity contribution in [3.63, 3.8) is 0 Å². The Balaban J connectivity index is 2.33. The molecule has 1 unspecified atom stereocenters. The van der Waals surface area contributed by atoms with Crippen LogP contribution in [0.15, 0.2) is 48.1 Å². The van der Waals surface area contributed by atoms with E-state index in [1.165, 1.54) is 26.2 Å². The van der Waals surface area contributed by atoms with E-state index in [1.807, 2.05) is 12.2 Å². The molecule has 2 atom stereocenters. The number of esters is 1. The molecule has 0 aromatic heterocycles. The van der Waals surface area contributed by atoms with E-state index in [1.54, 1.807) is 6.08 Å². The van der Waals surface area contributed by atoms with Crippen LogP contribution in [0.4, 0.5) is 0 Å². The minimum Gasteiger partial charge on any atom is -0.466 e. The summed E-state index contributed by atoms with van der Waals surface area (Å²) in [6.45, 7) is 6.45. The van der Waals surface area contributed by atoms with Crippen LogP contribution in [0.25, 0.3) is 0 Å². The highest BCUT2D eigenvalue weighted by Gasteiger charge is 2.20. The zero-order chi connectivity index (χ0) is 19.9. The van der Waals surface area contributed by atoms with E-state index in [0.717, 1.165) is 37.7 Å². The summed E-state index contributed by atoms with van der Waals surface area (Å²) < 4.78 is 4.91. The zero-order valence-electron chi connectivity index (χ0n) is 17.3. The number of carbonyl (C=O) groups is 2. The maximum Gasteiger partial charge on any atom is 0.302 e. The summed E-state index contributed by atoms with van der Waals surface area (Å²) in [6.07, 6.45) is 22.9. The molecular weight excluding hydrogens is 336 g/mol. The number of rotatable bonds is 13. The van der Waals surface area contributed by atoms with Crippen molar-refractivity contribution in [2.45, 2.75) is 72.1 Å². The largest absolute Gasteiger partial charge is 0.466 e. The number of hydrogen-bond donors (Lipinski definition) is 0. The van der Waals surface area contributed by atoms with Gasteiger partial charge in [0.2, 0.25) is 0 Å². The molecular formula is C24H36O3. The smallest absolute Gasteiger partial charge is 0.302 e. The molecule has 0 spiro atoms. The van der Waals surface area contributed by atoms with Gasteiger partial charge >= 0.3 is 5.97 Å². The topological polar surface area (TPSA) is 43.4 Å². The average molecular weight is 373 g/mol. The van der Waals surface area contributed by atoms with Gasteiger partial charge in [0.25, 0.3) is 0 Å². The molecule has 1 aliphatic rings. The molecule has 0 aliphatic heterocycles. The highest BCUT2D eigenvalue weighted by atomic mass is 16.5. The van der Waals surface area contributed by atoms with E-state index in [-0.39, 0.29) is 17.7 Å². The molecule has 0 fully saturated rings. The van der Waals surface area contributed by atoms with Crippen LogP contribution in [0, 0.1) is 11.8 Å². The van der Waals surface area contributed by atoms with Crippen LogP contribution in [-0.2, 0) is 14.3 Å². The number of ketones is 1. The first-order chi connectivity index (χ1) is 13.0. The van der Waals surface area contributed by atoms with E-state index in [0.29, 0.717) is 12.5 Å². The van der Waals surface area contributed by atoms with Gasteiger partial charge in [-0.3, -0.25) is 9.59 Å². The number of unbranched alkanes of at least 4 members (excludes halogenated alkanes) is 3. The van der Waals surface area contributed by atoms with E-state index >= 15 is 0 Å². The quantitative estimate of drug-likeness (QED) is 0.169. The first kappa shape index (κ1) is 23.1. The van der Waals surface area contributed by atoms with Crippen LogP contribution in [-0.4, -0.2) is 18.4 Å². The first-order valence-electron chi connectivity index (χ1n) is 10.4. The van der Waals surface area contributed by atoms with Gasteiger partial charge < -0.3 is 4.74 Å². The van der Waals surface area contributed by atoms with Gasteiger partial charge in [-0.25, -0.2) is 0 Å². The molecule has 0 radical (unpaired) electrons. The Kier molecular flexibility index (Phi) is 12.2. The molecule has 0 bridgehead atoms.